The van der Waals surface area contributed by atoms with Gasteiger partial charge in [0.2, 0.25) is 0 Å². The lowest BCUT2D eigenvalue weighted by atomic mass is 9.83. The predicted molar refractivity (Wildman–Crippen MR) is 224 cm³/mol. The van der Waals surface area contributed by atoms with Gasteiger partial charge in [-0.2, -0.15) is 0 Å². The number of methoxy groups -OCH3 is 3. The highest BCUT2D eigenvalue weighted by molar-refractivity contribution is 6.74. The molecule has 8 nitrogen and oxygen atoms in total. The molecule has 0 aromatic heterocycles. The molecule has 0 saturated carbocycles. The van der Waals surface area contributed by atoms with Crippen molar-refractivity contribution in [2.75, 3.05) is 21.3 Å². The molecular formula is C43H76O8Si2. The molecule has 1 aromatic rings. The minimum absolute atomic E-state index is 0.0659. The second kappa shape index (κ2) is 21.4. The third-order valence-corrected chi connectivity index (χ3v) is 20.5. The molecule has 0 aliphatic heterocycles. The Hall–Kier alpha value is -1.90. The molecule has 0 spiro atoms. The Balaban J connectivity index is 3.79. The van der Waals surface area contributed by atoms with Crippen LogP contribution in [0.15, 0.2) is 67.8 Å². The van der Waals surface area contributed by atoms with Crippen molar-refractivity contribution in [2.24, 2.45) is 17.8 Å². The summed E-state index contributed by atoms with van der Waals surface area (Å²) in [5, 5.41) is 11.9. The smallest absolute Gasteiger partial charge is 0.312 e. The maximum Gasteiger partial charge on any atom is 0.312 e. The third kappa shape index (κ3) is 14.0. The van der Waals surface area contributed by atoms with Crippen LogP contribution in [0.4, 0.5) is 0 Å². The molecule has 1 rings (SSSR count). The van der Waals surface area contributed by atoms with Crippen molar-refractivity contribution in [3.8, 4) is 0 Å². The van der Waals surface area contributed by atoms with Crippen LogP contribution in [0.3, 0.4) is 0 Å². The second-order valence-electron chi connectivity index (χ2n) is 17.6. The first-order valence-electron chi connectivity index (χ1n) is 19.2. The minimum atomic E-state index is -2.47. The first-order valence-corrected chi connectivity index (χ1v) is 25.0. The van der Waals surface area contributed by atoms with Gasteiger partial charge in [-0.25, -0.2) is 0 Å². The summed E-state index contributed by atoms with van der Waals surface area (Å²) in [5.74, 6) is -1.79. The van der Waals surface area contributed by atoms with Gasteiger partial charge in [-0.1, -0.05) is 110 Å². The number of ether oxygens (including phenoxy) is 4. The molecule has 0 fully saturated rings. The maximum absolute atomic E-state index is 13.8. The maximum atomic E-state index is 13.8. The van der Waals surface area contributed by atoms with Crippen molar-refractivity contribution in [1.29, 1.82) is 0 Å². The minimum Gasteiger partial charge on any atom is -0.457 e. The molecule has 0 radical (unpaired) electrons. The zero-order chi connectivity index (χ0) is 40.9. The van der Waals surface area contributed by atoms with Gasteiger partial charge < -0.3 is 32.9 Å². The fraction of sp³-hybridized carbons (Fsp3) is 0.698. The Morgan fingerprint density at radius 2 is 1.26 bits per heavy atom. The first kappa shape index (κ1) is 49.1. The van der Waals surface area contributed by atoms with Crippen LogP contribution in [0, 0.1) is 17.8 Å². The molecule has 0 aliphatic carbocycles. The van der Waals surface area contributed by atoms with Gasteiger partial charge in [0.05, 0.1) is 30.3 Å². The van der Waals surface area contributed by atoms with Crippen LogP contribution < -0.4 is 0 Å². The molecule has 0 bridgehead atoms. The number of benzene rings is 1. The van der Waals surface area contributed by atoms with Crippen LogP contribution in [0.25, 0.3) is 0 Å². The number of carbonyl (C=O) groups excluding carboxylic acids is 1. The van der Waals surface area contributed by atoms with Crippen molar-refractivity contribution in [2.45, 2.75) is 154 Å². The largest absolute Gasteiger partial charge is 0.457 e. The van der Waals surface area contributed by atoms with Crippen LogP contribution >= 0.6 is 0 Å². The first-order chi connectivity index (χ1) is 24.4. The van der Waals surface area contributed by atoms with Gasteiger partial charge in [0.25, 0.3) is 0 Å². The topological polar surface area (TPSA) is 92.7 Å². The summed E-state index contributed by atoms with van der Waals surface area (Å²) in [6.45, 7) is 35.9. The number of aliphatic hydroxyl groups is 1. The van der Waals surface area contributed by atoms with E-state index in [0.29, 0.717) is 12.8 Å². The molecule has 0 unspecified atom stereocenters. The molecule has 304 valence electrons. The van der Waals surface area contributed by atoms with E-state index in [4.69, 9.17) is 27.8 Å². The fourth-order valence-electron chi connectivity index (χ4n) is 5.88. The van der Waals surface area contributed by atoms with E-state index >= 15 is 0 Å². The monoisotopic (exact) mass is 777 g/mol. The lowest BCUT2D eigenvalue weighted by molar-refractivity contribution is -0.167. The van der Waals surface area contributed by atoms with Gasteiger partial charge in [-0.15, -0.1) is 13.2 Å². The van der Waals surface area contributed by atoms with Crippen LogP contribution in [0.1, 0.15) is 86.8 Å². The standard InChI is InChI=1S/C43H76O8Si2/c1-19-24-34(33-26-22-21-23-27-33)49-41(45)31(4)37(44)40(48-14)39(51-53(17,18)43(9,10)11)32(5)38(50-52(15,16)42(6,7)8)30(3)28-29-36(47-13)35(46-12)25-20-2/h19-23,26-32,34-40,44H,1-2,24-25H2,3-18H3/b29-28+/t30-,31-,32+,34-,35-,36+,37+,38-,39-,40-/m0/s1. The quantitative estimate of drug-likeness (QED) is 0.0667. The van der Waals surface area contributed by atoms with Crippen LogP contribution in [0.2, 0.25) is 36.3 Å². The second-order valence-corrected chi connectivity index (χ2v) is 27.1. The summed E-state index contributed by atoms with van der Waals surface area (Å²) in [6.07, 6.45) is 4.80. The van der Waals surface area contributed by atoms with Crippen molar-refractivity contribution in [3.05, 3.63) is 73.4 Å². The van der Waals surface area contributed by atoms with E-state index in [1.807, 2.05) is 42.5 Å². The highest BCUT2D eigenvalue weighted by Crippen LogP contribution is 2.43. The Morgan fingerprint density at radius 3 is 1.70 bits per heavy atom. The molecule has 53 heavy (non-hydrogen) atoms. The normalized spacial score (nSPS) is 19.0. The molecule has 0 saturated heterocycles. The summed E-state index contributed by atoms with van der Waals surface area (Å²) in [7, 11) is 0.120. The lowest BCUT2D eigenvalue weighted by Crippen LogP contribution is -2.58. The highest BCUT2D eigenvalue weighted by atomic mass is 28.4. The van der Waals surface area contributed by atoms with Gasteiger partial charge >= 0.3 is 5.97 Å². The van der Waals surface area contributed by atoms with E-state index in [2.05, 4.69) is 101 Å². The predicted octanol–water partition coefficient (Wildman–Crippen LogP) is 10.1. The number of hydrogen-bond donors (Lipinski definition) is 1. The van der Waals surface area contributed by atoms with E-state index < -0.39 is 52.9 Å². The molecule has 1 N–H and O–H groups in total. The Morgan fingerprint density at radius 1 is 0.755 bits per heavy atom. The molecule has 0 heterocycles. The summed E-state index contributed by atoms with van der Waals surface area (Å²) >= 11 is 0. The molecular weight excluding hydrogens is 701 g/mol. The molecule has 0 aliphatic rings. The Bertz CT molecular complexity index is 1270. The number of rotatable bonds is 23. The van der Waals surface area contributed by atoms with Gasteiger partial charge in [0.15, 0.2) is 16.6 Å². The highest BCUT2D eigenvalue weighted by Gasteiger charge is 2.49. The van der Waals surface area contributed by atoms with Crippen molar-refractivity contribution < 1.29 is 37.7 Å². The van der Waals surface area contributed by atoms with Crippen LogP contribution in [-0.2, 0) is 32.6 Å². The molecule has 0 amide bonds. The fourth-order valence-corrected chi connectivity index (χ4v) is 8.72. The Kier molecular flexibility index (Phi) is 19.9. The van der Waals surface area contributed by atoms with E-state index in [1.165, 1.54) is 0 Å². The van der Waals surface area contributed by atoms with Gasteiger partial charge in [-0.3, -0.25) is 4.79 Å². The number of carbonyl (C=O) groups is 1. The lowest BCUT2D eigenvalue weighted by Gasteiger charge is -2.48. The number of esters is 1. The summed E-state index contributed by atoms with van der Waals surface area (Å²) < 4.78 is 38.4. The van der Waals surface area contributed by atoms with Crippen molar-refractivity contribution >= 4 is 22.6 Å². The van der Waals surface area contributed by atoms with Gasteiger partial charge in [-0.05, 0) is 61.1 Å². The van der Waals surface area contributed by atoms with E-state index in [1.54, 1.807) is 34.3 Å². The van der Waals surface area contributed by atoms with Crippen molar-refractivity contribution in [1.82, 2.24) is 0 Å². The van der Waals surface area contributed by atoms with Gasteiger partial charge in [0, 0.05) is 33.7 Å². The molecule has 10 heteroatoms. The van der Waals surface area contributed by atoms with Gasteiger partial charge in [0.1, 0.15) is 18.3 Å². The van der Waals surface area contributed by atoms with Crippen LogP contribution in [0.5, 0.6) is 0 Å². The Labute approximate surface area is 326 Å². The molecule has 1 aromatic carbocycles. The third-order valence-electron chi connectivity index (χ3n) is 11.6. The van der Waals surface area contributed by atoms with Crippen molar-refractivity contribution in [3.63, 3.8) is 0 Å². The zero-order valence-corrected chi connectivity index (χ0v) is 38.1. The average Bonchev–Trinajstić information content (AvgIpc) is 3.08. The summed E-state index contributed by atoms with van der Waals surface area (Å²) in [6, 6.07) is 9.59. The summed E-state index contributed by atoms with van der Waals surface area (Å²) in [4.78, 5) is 13.8. The van der Waals surface area contributed by atoms with E-state index in [-0.39, 0.29) is 40.2 Å². The average molecular weight is 777 g/mol. The molecule has 10 atom stereocenters. The SMILES string of the molecule is C=CC[C@H](OC(=O)[C@@H](C)[C@@H](O)[C@H](OC)[C@@H](O[Si](C)(C)C(C)(C)C)[C@H](C)[C@@H](O[Si](C)(C)C(C)(C)C)[C@@H](C)/C=C/[C@@H](OC)[C@H](CC=C)OC)c1ccccc1. The van der Waals surface area contributed by atoms with E-state index in [9.17, 15) is 9.90 Å². The summed E-state index contributed by atoms with van der Waals surface area (Å²) in [5.41, 5.74) is 0.864. The zero-order valence-electron chi connectivity index (χ0n) is 36.1. The van der Waals surface area contributed by atoms with E-state index in [0.717, 1.165) is 5.56 Å². The number of hydrogen-bond acceptors (Lipinski definition) is 8. The number of aliphatic hydroxyl groups excluding tert-OH is 1. The van der Waals surface area contributed by atoms with Crippen LogP contribution in [-0.4, -0.2) is 85.7 Å².